The molecule has 3 aromatic rings. The van der Waals surface area contributed by atoms with E-state index in [-0.39, 0.29) is 40.1 Å². The highest BCUT2D eigenvalue weighted by Crippen LogP contribution is 2.40. The number of fused-ring (bicyclic) bond motifs is 1. The number of nitrogens with two attached hydrogens (primary N) is 1. The van der Waals surface area contributed by atoms with E-state index in [4.69, 9.17) is 10.5 Å². The van der Waals surface area contributed by atoms with Crippen LogP contribution in [0.15, 0.2) is 60.7 Å². The van der Waals surface area contributed by atoms with Gasteiger partial charge in [0.05, 0.1) is 5.56 Å². The van der Waals surface area contributed by atoms with Gasteiger partial charge in [-0.2, -0.15) is 0 Å². The monoisotopic (exact) mass is 490 g/mol. The van der Waals surface area contributed by atoms with Crippen LogP contribution in [-0.2, 0) is 0 Å². The standard InChI is InChI=1S/C31H42N2O3/c1-7-30(3,4)21(18-27(31(5,6)8-2)36-22-14-10-9-11-15-22)20-33-29(35)25-19-26(32)23-16-12-13-17-24(23)28(25)34/h9-17,19,21,27,34H,7-8,18,20,32H2,1-6H3,(H,33,35). The molecule has 0 aliphatic carbocycles. The number of carbonyl (C=O) groups is 1. The molecule has 0 fully saturated rings. The number of hydrogen-bond donors (Lipinski definition) is 3. The van der Waals surface area contributed by atoms with Crippen LogP contribution >= 0.6 is 0 Å². The van der Waals surface area contributed by atoms with Crippen LogP contribution in [0.2, 0.25) is 0 Å². The minimum atomic E-state index is -0.322. The first-order valence-electron chi connectivity index (χ1n) is 13.0. The van der Waals surface area contributed by atoms with E-state index in [1.54, 1.807) is 12.1 Å². The van der Waals surface area contributed by atoms with Crippen LogP contribution < -0.4 is 15.8 Å². The average molecular weight is 491 g/mol. The number of para-hydroxylation sites is 1. The van der Waals surface area contributed by atoms with E-state index in [1.165, 1.54) is 0 Å². The molecule has 0 heterocycles. The van der Waals surface area contributed by atoms with Gasteiger partial charge >= 0.3 is 0 Å². The normalized spacial score (nSPS) is 13.8. The molecule has 5 heteroatoms. The van der Waals surface area contributed by atoms with Crippen molar-refractivity contribution >= 4 is 22.4 Å². The fraction of sp³-hybridized carbons (Fsp3) is 0.452. The molecule has 0 saturated carbocycles. The molecule has 194 valence electrons. The molecule has 3 aromatic carbocycles. The second-order valence-electron chi connectivity index (χ2n) is 11.2. The fourth-order valence-corrected chi connectivity index (χ4v) is 4.52. The van der Waals surface area contributed by atoms with Gasteiger partial charge in [0.1, 0.15) is 17.6 Å². The zero-order chi connectivity index (χ0) is 26.5. The predicted molar refractivity (Wildman–Crippen MR) is 149 cm³/mol. The van der Waals surface area contributed by atoms with E-state index < -0.39 is 0 Å². The molecule has 2 atom stereocenters. The van der Waals surface area contributed by atoms with Crippen molar-refractivity contribution in [1.29, 1.82) is 0 Å². The van der Waals surface area contributed by atoms with Crippen LogP contribution in [0.1, 0.15) is 71.2 Å². The second kappa shape index (κ2) is 11.2. The third-order valence-electron chi connectivity index (χ3n) is 8.12. The van der Waals surface area contributed by atoms with Gasteiger partial charge in [0.25, 0.3) is 5.91 Å². The van der Waals surface area contributed by atoms with Crippen LogP contribution in [0.3, 0.4) is 0 Å². The minimum Gasteiger partial charge on any atom is -0.506 e. The van der Waals surface area contributed by atoms with Crippen molar-refractivity contribution in [3.63, 3.8) is 0 Å². The molecule has 0 spiro atoms. The van der Waals surface area contributed by atoms with Gasteiger partial charge in [-0.3, -0.25) is 4.79 Å². The van der Waals surface area contributed by atoms with Gasteiger partial charge in [0.2, 0.25) is 0 Å². The maximum Gasteiger partial charge on any atom is 0.255 e. The summed E-state index contributed by atoms with van der Waals surface area (Å²) >= 11 is 0. The molecule has 36 heavy (non-hydrogen) atoms. The van der Waals surface area contributed by atoms with Gasteiger partial charge in [-0.25, -0.2) is 0 Å². The zero-order valence-corrected chi connectivity index (χ0v) is 22.6. The van der Waals surface area contributed by atoms with Crippen molar-refractivity contribution in [3.05, 3.63) is 66.2 Å². The molecular weight excluding hydrogens is 448 g/mol. The SMILES string of the molecule is CCC(C)(C)C(CNC(=O)c1cc(N)c2ccccc2c1O)CC(Oc1ccccc1)C(C)(C)CC. The predicted octanol–water partition coefficient (Wildman–Crippen LogP) is 7.18. The first-order valence-corrected chi connectivity index (χ1v) is 13.0. The Labute approximate surface area is 216 Å². The van der Waals surface area contributed by atoms with Crippen molar-refractivity contribution in [2.75, 3.05) is 12.3 Å². The van der Waals surface area contributed by atoms with Crippen molar-refractivity contribution in [1.82, 2.24) is 5.32 Å². The summed E-state index contributed by atoms with van der Waals surface area (Å²) in [6.07, 6.45) is 2.71. The summed E-state index contributed by atoms with van der Waals surface area (Å²) in [6.45, 7) is 13.8. The van der Waals surface area contributed by atoms with Gasteiger partial charge in [0.15, 0.2) is 0 Å². The molecule has 0 saturated heterocycles. The Morgan fingerprint density at radius 1 is 0.944 bits per heavy atom. The fourth-order valence-electron chi connectivity index (χ4n) is 4.52. The number of amides is 1. The van der Waals surface area contributed by atoms with Crippen molar-refractivity contribution < 1.29 is 14.6 Å². The Morgan fingerprint density at radius 3 is 2.14 bits per heavy atom. The number of ether oxygens (including phenoxy) is 1. The molecule has 1 amide bonds. The zero-order valence-electron chi connectivity index (χ0n) is 22.6. The Bertz CT molecular complexity index is 1170. The Kier molecular flexibility index (Phi) is 8.55. The van der Waals surface area contributed by atoms with Crippen molar-refractivity contribution in [3.8, 4) is 11.5 Å². The third kappa shape index (κ3) is 6.13. The van der Waals surface area contributed by atoms with Gasteiger partial charge in [0, 0.05) is 28.4 Å². The highest BCUT2D eigenvalue weighted by molar-refractivity contribution is 6.07. The minimum absolute atomic E-state index is 0.0256. The molecule has 0 bridgehead atoms. The lowest BCUT2D eigenvalue weighted by Gasteiger charge is -2.41. The smallest absolute Gasteiger partial charge is 0.255 e. The van der Waals surface area contributed by atoms with Gasteiger partial charge in [-0.05, 0) is 42.4 Å². The molecule has 2 unspecified atom stereocenters. The van der Waals surface area contributed by atoms with Crippen LogP contribution in [0.5, 0.6) is 11.5 Å². The molecule has 0 aromatic heterocycles. The summed E-state index contributed by atoms with van der Waals surface area (Å²) in [6, 6.07) is 18.8. The molecule has 0 aliphatic heterocycles. The van der Waals surface area contributed by atoms with Crippen LogP contribution in [0.4, 0.5) is 5.69 Å². The molecule has 3 rings (SSSR count). The lowest BCUT2D eigenvalue weighted by atomic mass is 9.70. The quantitative estimate of drug-likeness (QED) is 0.196. The number of hydrogen-bond acceptors (Lipinski definition) is 4. The lowest BCUT2D eigenvalue weighted by Crippen LogP contribution is -2.43. The number of benzene rings is 3. The van der Waals surface area contributed by atoms with Gasteiger partial charge < -0.3 is 20.9 Å². The van der Waals surface area contributed by atoms with E-state index in [0.29, 0.717) is 17.6 Å². The first-order chi connectivity index (χ1) is 17.0. The van der Waals surface area contributed by atoms with E-state index in [2.05, 4.69) is 46.9 Å². The van der Waals surface area contributed by atoms with Crippen LogP contribution in [-0.4, -0.2) is 23.7 Å². The number of aromatic hydroxyl groups is 1. The van der Waals surface area contributed by atoms with Gasteiger partial charge in [-0.15, -0.1) is 0 Å². The van der Waals surface area contributed by atoms with Crippen molar-refractivity contribution in [2.24, 2.45) is 16.7 Å². The average Bonchev–Trinajstić information content (AvgIpc) is 2.88. The van der Waals surface area contributed by atoms with E-state index in [0.717, 1.165) is 30.4 Å². The second-order valence-corrected chi connectivity index (χ2v) is 11.2. The van der Waals surface area contributed by atoms with E-state index >= 15 is 0 Å². The molecule has 5 nitrogen and oxygen atoms in total. The molecular formula is C31H42N2O3. The first kappa shape index (κ1) is 27.4. The summed E-state index contributed by atoms with van der Waals surface area (Å²) in [5.41, 5.74) is 6.80. The maximum atomic E-state index is 13.3. The lowest BCUT2D eigenvalue weighted by molar-refractivity contribution is 0.0253. The number of rotatable bonds is 11. The molecule has 0 aliphatic rings. The summed E-state index contributed by atoms with van der Waals surface area (Å²) in [5, 5.41) is 15.2. The van der Waals surface area contributed by atoms with Gasteiger partial charge in [-0.1, -0.05) is 90.4 Å². The maximum absolute atomic E-state index is 13.3. The number of carbonyl (C=O) groups excluding carboxylic acids is 1. The topological polar surface area (TPSA) is 84.6 Å². The third-order valence-corrected chi connectivity index (χ3v) is 8.12. The number of nitrogens with one attached hydrogen (secondary N) is 1. The molecule has 0 radical (unpaired) electrons. The highest BCUT2D eigenvalue weighted by Gasteiger charge is 2.37. The highest BCUT2D eigenvalue weighted by atomic mass is 16.5. The largest absolute Gasteiger partial charge is 0.506 e. The Balaban J connectivity index is 1.85. The number of anilines is 1. The molecule has 4 N–H and O–H groups in total. The van der Waals surface area contributed by atoms with E-state index in [1.807, 2.05) is 48.5 Å². The number of phenols is 1. The van der Waals surface area contributed by atoms with Crippen LogP contribution in [0.25, 0.3) is 10.8 Å². The summed E-state index contributed by atoms with van der Waals surface area (Å²) < 4.78 is 6.55. The number of phenolic OH excluding ortho intramolecular Hbond substituents is 1. The van der Waals surface area contributed by atoms with Crippen LogP contribution in [0, 0.1) is 16.7 Å². The summed E-state index contributed by atoms with van der Waals surface area (Å²) in [7, 11) is 0. The summed E-state index contributed by atoms with van der Waals surface area (Å²) in [4.78, 5) is 13.3. The Hall–Kier alpha value is -3.21. The summed E-state index contributed by atoms with van der Waals surface area (Å²) in [5.74, 6) is 0.654. The van der Waals surface area contributed by atoms with Crippen molar-refractivity contribution in [2.45, 2.75) is 66.9 Å². The van der Waals surface area contributed by atoms with E-state index in [9.17, 15) is 9.90 Å². The Morgan fingerprint density at radius 2 is 1.53 bits per heavy atom. The number of nitrogen functional groups attached to an aromatic ring is 1.